The van der Waals surface area contributed by atoms with E-state index in [9.17, 15) is 4.80 Å². The molecule has 0 saturated heterocycles. The number of benzene rings is 1. The Kier molecular flexibility index (Phi) is 5.38. The number of hydrogen-bond acceptors (Lipinski definition) is 1. The summed E-state index contributed by atoms with van der Waals surface area (Å²) < 4.78 is 0. The van der Waals surface area contributed by atoms with E-state index in [2.05, 4.69) is 0 Å². The van der Waals surface area contributed by atoms with E-state index in [4.69, 9.17) is 0 Å². The maximum absolute atomic E-state index is 9.63. The van der Waals surface area contributed by atoms with Crippen molar-refractivity contribution in [1.82, 2.24) is 0 Å². The summed E-state index contributed by atoms with van der Waals surface area (Å²) in [5.41, 5.74) is 0. The van der Waals surface area contributed by atoms with Crippen LogP contribution in [0.5, 0.6) is 0 Å². The zero-order valence-electron chi connectivity index (χ0n) is 7.33. The van der Waals surface area contributed by atoms with Gasteiger partial charge in [-0.15, -0.1) is 0 Å². The largest absolute Gasteiger partial charge is 0.428 e. The van der Waals surface area contributed by atoms with E-state index in [1.807, 2.05) is 43.4 Å². The van der Waals surface area contributed by atoms with E-state index in [0.29, 0.717) is 0 Å². The van der Waals surface area contributed by atoms with Crippen molar-refractivity contribution in [2.24, 2.45) is 0 Å². The van der Waals surface area contributed by atoms with Gasteiger partial charge in [0.2, 0.25) is 8.32 Å². The summed E-state index contributed by atoms with van der Waals surface area (Å²) in [5.74, 6) is 0. The summed E-state index contributed by atoms with van der Waals surface area (Å²) in [4.78, 5) is 9.63. The van der Waals surface area contributed by atoms with Gasteiger partial charge >= 0.3 is 0 Å². The first-order valence-electron chi connectivity index (χ1n) is 3.38. The van der Waals surface area contributed by atoms with Crippen LogP contribution in [0.1, 0.15) is 0 Å². The minimum absolute atomic E-state index is 0. The molecule has 1 rings (SSSR count). The van der Waals surface area contributed by atoms with Gasteiger partial charge in [0.25, 0.3) is 0 Å². The third-order valence-electron chi connectivity index (χ3n) is 1.48. The van der Waals surface area contributed by atoms with Gasteiger partial charge in [-0.05, 0) is 18.3 Å². The second kappa shape index (κ2) is 4.91. The Morgan fingerprint density at radius 3 is 1.82 bits per heavy atom. The van der Waals surface area contributed by atoms with Crippen molar-refractivity contribution in [3.63, 3.8) is 0 Å². The maximum atomic E-state index is 9.63. The predicted molar refractivity (Wildman–Crippen MR) is 51.5 cm³/mol. The minimum Gasteiger partial charge on any atom is -0.428 e. The molecule has 1 radical (unpaired) electrons. The first-order chi connectivity index (χ1) is 4.61. The van der Waals surface area contributed by atoms with Gasteiger partial charge in [0.1, 0.15) is 0 Å². The summed E-state index contributed by atoms with van der Waals surface area (Å²) in [6.07, 6.45) is 0. The van der Waals surface area contributed by atoms with E-state index in [-0.39, 0.29) is 51.4 Å². The van der Waals surface area contributed by atoms with Crippen molar-refractivity contribution in [2.75, 3.05) is 0 Å². The van der Waals surface area contributed by atoms with Gasteiger partial charge < -0.3 is 4.80 Å². The summed E-state index contributed by atoms with van der Waals surface area (Å²) >= 11 is 0. The van der Waals surface area contributed by atoms with Crippen LogP contribution in [-0.2, 0) is 0 Å². The summed E-state index contributed by atoms with van der Waals surface area (Å²) in [5, 5.41) is 1.09. The molecular weight excluding hydrogens is 179 g/mol. The zero-order valence-corrected chi connectivity index (χ0v) is 11.5. The molecule has 11 heavy (non-hydrogen) atoms. The van der Waals surface area contributed by atoms with Crippen LogP contribution in [0.4, 0.5) is 0 Å². The smallest absolute Gasteiger partial charge is 0.213 e. The first kappa shape index (κ1) is 12.0. The molecule has 0 spiro atoms. The molecule has 1 N–H and O–H groups in total. The summed E-state index contributed by atoms with van der Waals surface area (Å²) in [7, 11) is -2.03. The van der Waals surface area contributed by atoms with Gasteiger partial charge in [-0.3, -0.25) is 0 Å². The molecule has 55 valence electrons. The molecule has 0 amide bonds. The Morgan fingerprint density at radius 2 is 1.55 bits per heavy atom. The van der Waals surface area contributed by atoms with Gasteiger partial charge in [-0.1, -0.05) is 30.3 Å². The third-order valence-corrected chi connectivity index (χ3v) is 3.23. The molecule has 0 aliphatic carbocycles. The van der Waals surface area contributed by atoms with Gasteiger partial charge in [-0.25, -0.2) is 0 Å². The van der Waals surface area contributed by atoms with Gasteiger partial charge in [0.05, 0.1) is 0 Å². The van der Waals surface area contributed by atoms with Crippen LogP contribution in [-0.4, -0.2) is 64.5 Å². The molecular formula is C8H12KOSi. The molecule has 0 heterocycles. The Bertz CT molecular complexity index is 205. The fraction of sp³-hybridized carbons (Fsp3) is 0.250. The van der Waals surface area contributed by atoms with Crippen molar-refractivity contribution in [3.8, 4) is 0 Å². The molecule has 0 aliphatic rings. The molecule has 1 aromatic rings. The topological polar surface area (TPSA) is 20.2 Å². The molecule has 0 aromatic heterocycles. The van der Waals surface area contributed by atoms with E-state index in [0.717, 1.165) is 5.19 Å². The fourth-order valence-corrected chi connectivity index (χ4v) is 1.85. The second-order valence-corrected chi connectivity index (χ2v) is 6.62. The molecule has 3 heteroatoms. The molecule has 0 bridgehead atoms. The SMILES string of the molecule is C[Si](C)(O)c1ccccc1.[K]. The third kappa shape index (κ3) is 3.98. The minimum atomic E-state index is -2.03. The van der Waals surface area contributed by atoms with Crippen LogP contribution in [0.15, 0.2) is 30.3 Å². The summed E-state index contributed by atoms with van der Waals surface area (Å²) in [6.45, 7) is 3.84. The standard InChI is InChI=1S/C8H12OSi.K/c1-10(2,9)8-6-4-3-5-7-8;/h3-7,9H,1-2H3;. The Labute approximate surface area is 111 Å². The van der Waals surface area contributed by atoms with E-state index in [1.165, 1.54) is 0 Å². The quantitative estimate of drug-likeness (QED) is 0.648. The maximum Gasteiger partial charge on any atom is 0.213 e. The number of rotatable bonds is 1. The van der Waals surface area contributed by atoms with Crippen LogP contribution >= 0.6 is 0 Å². The van der Waals surface area contributed by atoms with Crippen molar-refractivity contribution in [3.05, 3.63) is 30.3 Å². The van der Waals surface area contributed by atoms with Crippen LogP contribution in [0.25, 0.3) is 0 Å². The monoisotopic (exact) mass is 191 g/mol. The molecule has 1 nitrogen and oxygen atoms in total. The van der Waals surface area contributed by atoms with Gasteiger partial charge in [0, 0.05) is 51.4 Å². The van der Waals surface area contributed by atoms with Gasteiger partial charge in [-0.2, -0.15) is 0 Å². The fourth-order valence-electron chi connectivity index (χ4n) is 0.846. The van der Waals surface area contributed by atoms with Crippen LogP contribution in [0.2, 0.25) is 13.1 Å². The van der Waals surface area contributed by atoms with Crippen molar-refractivity contribution in [2.45, 2.75) is 13.1 Å². The van der Waals surface area contributed by atoms with Crippen molar-refractivity contribution >= 4 is 64.9 Å². The zero-order chi connectivity index (χ0) is 7.61. The average Bonchev–Trinajstić information content (AvgIpc) is 1.88. The Balaban J connectivity index is 0.000001000. The van der Waals surface area contributed by atoms with E-state index < -0.39 is 8.32 Å². The molecule has 1 aromatic carbocycles. The molecule has 0 saturated carbocycles. The molecule has 0 aliphatic heterocycles. The predicted octanol–water partition coefficient (Wildman–Crippen LogP) is 0.710. The average molecular weight is 191 g/mol. The van der Waals surface area contributed by atoms with E-state index >= 15 is 0 Å². The Hall–Kier alpha value is 1.03. The molecule has 0 unspecified atom stereocenters. The Morgan fingerprint density at radius 1 is 1.09 bits per heavy atom. The van der Waals surface area contributed by atoms with Crippen LogP contribution in [0.3, 0.4) is 0 Å². The van der Waals surface area contributed by atoms with Crippen molar-refractivity contribution in [1.29, 1.82) is 0 Å². The normalized spacial score (nSPS) is 10.5. The summed E-state index contributed by atoms with van der Waals surface area (Å²) in [6, 6.07) is 9.84. The van der Waals surface area contributed by atoms with Crippen LogP contribution < -0.4 is 5.19 Å². The molecule has 0 fully saturated rings. The molecule has 0 atom stereocenters. The van der Waals surface area contributed by atoms with Gasteiger partial charge in [0.15, 0.2) is 0 Å². The van der Waals surface area contributed by atoms with E-state index in [1.54, 1.807) is 0 Å². The second-order valence-electron chi connectivity index (χ2n) is 2.93. The number of hydrogen-bond donors (Lipinski definition) is 1. The van der Waals surface area contributed by atoms with Crippen molar-refractivity contribution < 1.29 is 4.80 Å². The first-order valence-corrected chi connectivity index (χ1v) is 6.33. The van der Waals surface area contributed by atoms with Crippen LogP contribution in [0, 0.1) is 0 Å².